The Bertz CT molecular complexity index is 907. The first kappa shape index (κ1) is 25.4. The van der Waals surface area contributed by atoms with Gasteiger partial charge in [0.1, 0.15) is 17.3 Å². The van der Waals surface area contributed by atoms with E-state index in [1.54, 1.807) is 0 Å². The molecule has 0 aromatic heterocycles. The van der Waals surface area contributed by atoms with Gasteiger partial charge in [-0.15, -0.1) is 0 Å². The third kappa shape index (κ3) is 7.40. The summed E-state index contributed by atoms with van der Waals surface area (Å²) in [6.45, 7) is 0. The third-order valence-corrected chi connectivity index (χ3v) is 4.29. The van der Waals surface area contributed by atoms with Gasteiger partial charge in [0.05, 0.1) is 16.1 Å². The van der Waals surface area contributed by atoms with Crippen molar-refractivity contribution in [3.8, 4) is 11.5 Å². The van der Waals surface area contributed by atoms with E-state index in [2.05, 4.69) is 0 Å². The number of ether oxygens (including phenoxy) is 2. The van der Waals surface area contributed by atoms with Crippen LogP contribution in [0.3, 0.4) is 0 Å². The lowest BCUT2D eigenvalue weighted by Gasteiger charge is -2.11. The lowest BCUT2D eigenvalue weighted by Crippen LogP contribution is -2.12. The average Bonchev–Trinajstić information content (AvgIpc) is 2.66. The molecule has 0 atom stereocenters. The Morgan fingerprint density at radius 3 is 1.66 bits per heavy atom. The molecule has 0 radical (unpaired) electrons. The van der Waals surface area contributed by atoms with Crippen LogP contribution in [0.15, 0.2) is 36.4 Å². The van der Waals surface area contributed by atoms with Crippen molar-refractivity contribution in [3.63, 3.8) is 0 Å². The molecule has 2 aromatic rings. The first-order valence-electron chi connectivity index (χ1n) is 8.92. The van der Waals surface area contributed by atoms with Crippen LogP contribution < -0.4 is 9.47 Å². The molecule has 0 aliphatic carbocycles. The molecular weight excluding hydrogens is 473 g/mol. The number of alkyl halides is 6. The van der Waals surface area contributed by atoms with Crippen molar-refractivity contribution in [3.05, 3.63) is 58.4 Å². The van der Waals surface area contributed by atoms with Gasteiger partial charge < -0.3 is 9.47 Å². The Kier molecular flexibility index (Phi) is 8.11. The molecule has 0 unspecified atom stereocenters. The summed E-state index contributed by atoms with van der Waals surface area (Å²) in [5.41, 5.74) is -2.75. The molecule has 2 aromatic carbocycles. The average molecular weight is 487 g/mol. The lowest BCUT2D eigenvalue weighted by atomic mass is 10.2. The highest BCUT2D eigenvalue weighted by Crippen LogP contribution is 2.37. The van der Waals surface area contributed by atoms with E-state index in [0.717, 1.165) is 18.2 Å². The molecule has 174 valence electrons. The Morgan fingerprint density at radius 1 is 0.750 bits per heavy atom. The molecule has 0 fully saturated rings. The zero-order chi connectivity index (χ0) is 24.1. The molecule has 32 heavy (non-hydrogen) atoms. The van der Waals surface area contributed by atoms with Crippen LogP contribution in [0.2, 0.25) is 5.02 Å². The van der Waals surface area contributed by atoms with Crippen LogP contribution >= 0.6 is 11.6 Å². The smallest absolute Gasteiger partial charge is 0.419 e. The van der Waals surface area contributed by atoms with E-state index < -0.39 is 52.0 Å². The standard InChI is InChI=1S/C20H14ClF7O4/c21-15-7-5-11(9-13(15)19(23,24)25)31-17(29)3-1-2-4-18(30)32-12-6-8-16(22)14(10-12)20(26,27)28/h5-10H,1-4H2. The first-order chi connectivity index (χ1) is 14.8. The third-order valence-electron chi connectivity index (χ3n) is 3.96. The second-order valence-corrected chi connectivity index (χ2v) is 6.84. The van der Waals surface area contributed by atoms with Crippen molar-refractivity contribution in [2.45, 2.75) is 38.0 Å². The van der Waals surface area contributed by atoms with E-state index in [1.807, 2.05) is 0 Å². The van der Waals surface area contributed by atoms with E-state index in [4.69, 9.17) is 21.1 Å². The van der Waals surface area contributed by atoms with Crippen LogP contribution in [0, 0.1) is 5.82 Å². The monoisotopic (exact) mass is 486 g/mol. The zero-order valence-corrected chi connectivity index (χ0v) is 16.7. The molecule has 0 heterocycles. The number of rotatable bonds is 7. The van der Waals surface area contributed by atoms with Gasteiger partial charge in [0, 0.05) is 12.8 Å². The number of benzene rings is 2. The fourth-order valence-corrected chi connectivity index (χ4v) is 2.70. The first-order valence-corrected chi connectivity index (χ1v) is 9.30. The summed E-state index contributed by atoms with van der Waals surface area (Å²) in [5, 5.41) is -0.556. The van der Waals surface area contributed by atoms with Gasteiger partial charge in [-0.25, -0.2) is 4.39 Å². The van der Waals surface area contributed by atoms with Crippen LogP contribution in [-0.2, 0) is 21.9 Å². The minimum atomic E-state index is -4.96. The van der Waals surface area contributed by atoms with Crippen LogP contribution in [0.5, 0.6) is 11.5 Å². The van der Waals surface area contributed by atoms with E-state index in [1.165, 1.54) is 0 Å². The largest absolute Gasteiger partial charge is 0.427 e. The summed E-state index contributed by atoms with van der Waals surface area (Å²) in [6.07, 6.45) is -10.0. The summed E-state index contributed by atoms with van der Waals surface area (Å²) < 4.78 is 99.1. The highest BCUT2D eigenvalue weighted by Gasteiger charge is 2.35. The summed E-state index contributed by atoms with van der Waals surface area (Å²) >= 11 is 5.47. The molecule has 0 N–H and O–H groups in total. The van der Waals surface area contributed by atoms with Crippen molar-refractivity contribution in [1.29, 1.82) is 0 Å². The molecule has 0 bridgehead atoms. The topological polar surface area (TPSA) is 52.6 Å². The van der Waals surface area contributed by atoms with E-state index in [0.29, 0.717) is 18.2 Å². The molecule has 0 aliphatic heterocycles. The van der Waals surface area contributed by atoms with E-state index >= 15 is 0 Å². The maximum Gasteiger partial charge on any atom is 0.419 e. The number of hydrogen-bond donors (Lipinski definition) is 0. The molecule has 0 amide bonds. The van der Waals surface area contributed by atoms with Crippen LogP contribution in [0.1, 0.15) is 36.8 Å². The molecule has 2 rings (SSSR count). The van der Waals surface area contributed by atoms with Crippen LogP contribution in [0.4, 0.5) is 30.7 Å². The summed E-state index contributed by atoms with van der Waals surface area (Å²) in [6, 6.07) is 4.33. The summed E-state index contributed by atoms with van der Waals surface area (Å²) in [7, 11) is 0. The van der Waals surface area contributed by atoms with Gasteiger partial charge in [-0.3, -0.25) is 9.59 Å². The van der Waals surface area contributed by atoms with Gasteiger partial charge in [-0.05, 0) is 49.2 Å². The Labute approximate surface area is 181 Å². The molecule has 12 heteroatoms. The Hall–Kier alpha value is -2.82. The number of unbranched alkanes of at least 4 members (excludes halogenated alkanes) is 1. The van der Waals surface area contributed by atoms with Gasteiger partial charge in [0.25, 0.3) is 0 Å². The van der Waals surface area contributed by atoms with E-state index in [-0.39, 0.29) is 31.4 Å². The number of hydrogen-bond acceptors (Lipinski definition) is 4. The van der Waals surface area contributed by atoms with Gasteiger partial charge in [0.15, 0.2) is 0 Å². The van der Waals surface area contributed by atoms with Crippen molar-refractivity contribution < 1.29 is 49.8 Å². The van der Waals surface area contributed by atoms with Gasteiger partial charge in [0.2, 0.25) is 0 Å². The van der Waals surface area contributed by atoms with Crippen molar-refractivity contribution in [2.75, 3.05) is 0 Å². The van der Waals surface area contributed by atoms with E-state index in [9.17, 15) is 40.3 Å². The predicted molar refractivity (Wildman–Crippen MR) is 97.6 cm³/mol. The molecular formula is C20H14ClF7O4. The van der Waals surface area contributed by atoms with Crippen molar-refractivity contribution in [1.82, 2.24) is 0 Å². The van der Waals surface area contributed by atoms with Gasteiger partial charge in [-0.1, -0.05) is 11.6 Å². The summed E-state index contributed by atoms with van der Waals surface area (Å²) in [5.74, 6) is -4.14. The van der Waals surface area contributed by atoms with Crippen LogP contribution in [-0.4, -0.2) is 11.9 Å². The number of esters is 2. The minimum absolute atomic E-state index is 0.0790. The normalized spacial score (nSPS) is 11.9. The Balaban J connectivity index is 1.80. The van der Waals surface area contributed by atoms with Crippen LogP contribution in [0.25, 0.3) is 0 Å². The minimum Gasteiger partial charge on any atom is -0.427 e. The summed E-state index contributed by atoms with van der Waals surface area (Å²) in [4.78, 5) is 23.5. The fourth-order valence-electron chi connectivity index (χ4n) is 2.47. The highest BCUT2D eigenvalue weighted by molar-refractivity contribution is 6.31. The zero-order valence-electron chi connectivity index (χ0n) is 15.9. The quantitative estimate of drug-likeness (QED) is 0.192. The highest BCUT2D eigenvalue weighted by atomic mass is 35.5. The molecule has 0 saturated heterocycles. The fraction of sp³-hybridized carbons (Fsp3) is 0.300. The number of carbonyl (C=O) groups is 2. The van der Waals surface area contributed by atoms with Gasteiger partial charge in [-0.2, -0.15) is 26.3 Å². The Morgan fingerprint density at radius 2 is 1.19 bits per heavy atom. The predicted octanol–water partition coefficient (Wildman–Crippen LogP) is 6.59. The SMILES string of the molecule is O=C(CCCCC(=O)Oc1ccc(Cl)c(C(F)(F)F)c1)Oc1ccc(F)c(C(F)(F)F)c1. The molecule has 0 spiro atoms. The lowest BCUT2D eigenvalue weighted by molar-refractivity contribution is -0.141. The number of halogens is 8. The number of carbonyl (C=O) groups excluding carboxylic acids is 2. The maximum atomic E-state index is 13.2. The second-order valence-electron chi connectivity index (χ2n) is 6.43. The second kappa shape index (κ2) is 10.2. The molecule has 4 nitrogen and oxygen atoms in total. The van der Waals surface area contributed by atoms with Crippen molar-refractivity contribution >= 4 is 23.5 Å². The molecule has 0 aliphatic rings. The van der Waals surface area contributed by atoms with Crippen molar-refractivity contribution in [2.24, 2.45) is 0 Å². The van der Waals surface area contributed by atoms with Gasteiger partial charge >= 0.3 is 24.3 Å². The molecule has 0 saturated carbocycles. The maximum absolute atomic E-state index is 13.2.